The highest BCUT2D eigenvalue weighted by atomic mass is 15.3. The fourth-order valence-electron chi connectivity index (χ4n) is 2.76. The predicted octanol–water partition coefficient (Wildman–Crippen LogP) is 3.20. The quantitative estimate of drug-likeness (QED) is 0.756. The molecule has 1 atom stereocenters. The van der Waals surface area contributed by atoms with Crippen molar-refractivity contribution in [3.63, 3.8) is 0 Å². The molecule has 6 nitrogen and oxygen atoms in total. The van der Waals surface area contributed by atoms with Gasteiger partial charge in [-0.15, -0.1) is 10.2 Å². The Bertz CT molecular complexity index is 784. The molecule has 0 saturated heterocycles. The van der Waals surface area contributed by atoms with Gasteiger partial charge in [-0.05, 0) is 45.4 Å². The topological polar surface area (TPSA) is 60.6 Å². The Hall–Kier alpha value is -2.47. The van der Waals surface area contributed by atoms with Crippen LogP contribution in [0.1, 0.15) is 50.1 Å². The Labute approximate surface area is 142 Å². The Morgan fingerprint density at radius 3 is 2.50 bits per heavy atom. The molecule has 24 heavy (non-hydrogen) atoms. The van der Waals surface area contributed by atoms with Crippen LogP contribution in [-0.2, 0) is 6.54 Å². The van der Waals surface area contributed by atoms with Crippen LogP contribution in [0.4, 0.5) is 0 Å². The Balaban J connectivity index is 1.66. The van der Waals surface area contributed by atoms with E-state index in [1.165, 1.54) is 5.56 Å². The molecule has 1 aromatic carbocycles. The first-order valence-corrected chi connectivity index (χ1v) is 8.28. The predicted molar refractivity (Wildman–Crippen MR) is 94.0 cm³/mol. The average molecular weight is 324 g/mol. The number of rotatable bonds is 6. The molecular weight excluding hydrogens is 300 g/mol. The van der Waals surface area contributed by atoms with Crippen LogP contribution in [0.15, 0.2) is 43.0 Å². The smallest absolute Gasteiger partial charge is 0.147 e. The molecule has 6 heteroatoms. The van der Waals surface area contributed by atoms with Gasteiger partial charge in [0.05, 0.1) is 6.54 Å². The zero-order chi connectivity index (χ0) is 17.1. The summed E-state index contributed by atoms with van der Waals surface area (Å²) in [6, 6.07) is 9.15. The minimum atomic E-state index is 0.236. The van der Waals surface area contributed by atoms with E-state index in [4.69, 9.17) is 0 Å². The standard InChI is InChI=1S/C18H24N6/c1-13(2)24-12-21-22-18(24)11-20-14(3)16-5-7-17(8-6-16)23-10-9-19-15(23)4/h5-10,12-14,20H,11H2,1-4H3. The maximum absolute atomic E-state index is 4.27. The average Bonchev–Trinajstić information content (AvgIpc) is 3.21. The monoisotopic (exact) mass is 324 g/mol. The third kappa shape index (κ3) is 3.38. The third-order valence-corrected chi connectivity index (χ3v) is 4.27. The van der Waals surface area contributed by atoms with Crippen molar-refractivity contribution in [2.75, 3.05) is 0 Å². The van der Waals surface area contributed by atoms with E-state index in [0.717, 1.165) is 17.3 Å². The van der Waals surface area contributed by atoms with Gasteiger partial charge in [-0.2, -0.15) is 0 Å². The fraction of sp³-hybridized carbons (Fsp3) is 0.389. The lowest BCUT2D eigenvalue weighted by molar-refractivity contribution is 0.509. The summed E-state index contributed by atoms with van der Waals surface area (Å²) in [7, 11) is 0. The molecule has 1 N–H and O–H groups in total. The van der Waals surface area contributed by atoms with Crippen LogP contribution in [0.5, 0.6) is 0 Å². The number of nitrogens with one attached hydrogen (secondary N) is 1. The number of hydrogen-bond acceptors (Lipinski definition) is 4. The maximum atomic E-state index is 4.27. The first-order chi connectivity index (χ1) is 11.6. The first kappa shape index (κ1) is 16.4. The van der Waals surface area contributed by atoms with Crippen LogP contribution in [-0.4, -0.2) is 24.3 Å². The maximum Gasteiger partial charge on any atom is 0.147 e. The third-order valence-electron chi connectivity index (χ3n) is 4.27. The summed E-state index contributed by atoms with van der Waals surface area (Å²) in [5.74, 6) is 1.95. The van der Waals surface area contributed by atoms with Crippen LogP contribution in [0, 0.1) is 6.92 Å². The molecule has 0 spiro atoms. The summed E-state index contributed by atoms with van der Waals surface area (Å²) in [4.78, 5) is 4.27. The summed E-state index contributed by atoms with van der Waals surface area (Å²) in [5.41, 5.74) is 2.37. The molecular formula is C18H24N6. The summed E-state index contributed by atoms with van der Waals surface area (Å²) >= 11 is 0. The van der Waals surface area contributed by atoms with Crippen molar-refractivity contribution in [2.45, 2.75) is 46.3 Å². The van der Waals surface area contributed by atoms with Crippen LogP contribution >= 0.6 is 0 Å². The van der Waals surface area contributed by atoms with Gasteiger partial charge in [0, 0.05) is 30.2 Å². The molecule has 1 unspecified atom stereocenters. The van der Waals surface area contributed by atoms with Gasteiger partial charge in [0.25, 0.3) is 0 Å². The Kier molecular flexibility index (Phi) is 4.76. The van der Waals surface area contributed by atoms with E-state index >= 15 is 0 Å². The normalized spacial score (nSPS) is 12.7. The second kappa shape index (κ2) is 6.97. The number of aromatic nitrogens is 5. The van der Waals surface area contributed by atoms with Crippen LogP contribution in [0.2, 0.25) is 0 Å². The molecule has 0 radical (unpaired) electrons. The van der Waals surface area contributed by atoms with Crippen molar-refractivity contribution >= 4 is 0 Å². The molecule has 0 saturated carbocycles. The molecule has 0 aliphatic carbocycles. The van der Waals surface area contributed by atoms with E-state index in [2.05, 4.69) is 74.7 Å². The molecule has 2 heterocycles. The van der Waals surface area contributed by atoms with Gasteiger partial charge in [-0.3, -0.25) is 0 Å². The van der Waals surface area contributed by atoms with E-state index in [0.29, 0.717) is 12.6 Å². The molecule has 126 valence electrons. The summed E-state index contributed by atoms with van der Waals surface area (Å²) < 4.78 is 4.16. The lowest BCUT2D eigenvalue weighted by atomic mass is 10.1. The summed E-state index contributed by atoms with van der Waals surface area (Å²) in [6.45, 7) is 9.12. The number of hydrogen-bond donors (Lipinski definition) is 1. The van der Waals surface area contributed by atoms with Crippen molar-refractivity contribution in [1.82, 2.24) is 29.6 Å². The van der Waals surface area contributed by atoms with Gasteiger partial charge in [-0.25, -0.2) is 4.98 Å². The van der Waals surface area contributed by atoms with Gasteiger partial charge < -0.3 is 14.5 Å². The van der Waals surface area contributed by atoms with Gasteiger partial charge >= 0.3 is 0 Å². The second-order valence-electron chi connectivity index (χ2n) is 6.29. The summed E-state index contributed by atoms with van der Waals surface area (Å²) in [6.07, 6.45) is 5.58. The first-order valence-electron chi connectivity index (χ1n) is 8.28. The SMILES string of the molecule is Cc1nccn1-c1ccc(C(C)NCc2nncn2C(C)C)cc1. The van der Waals surface area contributed by atoms with Crippen molar-refractivity contribution in [1.29, 1.82) is 0 Å². The van der Waals surface area contributed by atoms with E-state index in [1.807, 2.05) is 19.3 Å². The molecule has 0 bridgehead atoms. The molecule has 0 aliphatic rings. The lowest BCUT2D eigenvalue weighted by Crippen LogP contribution is -2.21. The highest BCUT2D eigenvalue weighted by Crippen LogP contribution is 2.17. The van der Waals surface area contributed by atoms with Crippen molar-refractivity contribution in [3.05, 3.63) is 60.2 Å². The fourth-order valence-corrected chi connectivity index (χ4v) is 2.76. The van der Waals surface area contributed by atoms with Crippen molar-refractivity contribution < 1.29 is 0 Å². The number of imidazole rings is 1. The van der Waals surface area contributed by atoms with E-state index in [9.17, 15) is 0 Å². The van der Waals surface area contributed by atoms with E-state index in [-0.39, 0.29) is 6.04 Å². The highest BCUT2D eigenvalue weighted by Gasteiger charge is 2.10. The van der Waals surface area contributed by atoms with Gasteiger partial charge in [0.1, 0.15) is 18.0 Å². The molecule has 3 rings (SSSR count). The molecule has 0 amide bonds. The minimum absolute atomic E-state index is 0.236. The van der Waals surface area contributed by atoms with Gasteiger partial charge in [-0.1, -0.05) is 12.1 Å². The largest absolute Gasteiger partial charge is 0.314 e. The number of nitrogens with zero attached hydrogens (tertiary/aromatic N) is 5. The molecule has 0 aliphatic heterocycles. The highest BCUT2D eigenvalue weighted by molar-refractivity contribution is 5.36. The number of benzene rings is 1. The Morgan fingerprint density at radius 2 is 1.88 bits per heavy atom. The molecule has 3 aromatic rings. The van der Waals surface area contributed by atoms with E-state index < -0.39 is 0 Å². The number of aryl methyl sites for hydroxylation is 1. The van der Waals surface area contributed by atoms with Gasteiger partial charge in [0.2, 0.25) is 0 Å². The molecule has 0 fully saturated rings. The zero-order valence-electron chi connectivity index (χ0n) is 14.6. The second-order valence-corrected chi connectivity index (χ2v) is 6.29. The van der Waals surface area contributed by atoms with Gasteiger partial charge in [0.15, 0.2) is 0 Å². The summed E-state index contributed by atoms with van der Waals surface area (Å²) in [5, 5.41) is 11.7. The van der Waals surface area contributed by atoms with Crippen LogP contribution in [0.25, 0.3) is 5.69 Å². The van der Waals surface area contributed by atoms with Crippen LogP contribution < -0.4 is 5.32 Å². The minimum Gasteiger partial charge on any atom is -0.314 e. The lowest BCUT2D eigenvalue weighted by Gasteiger charge is -2.16. The molecule has 2 aromatic heterocycles. The van der Waals surface area contributed by atoms with Crippen molar-refractivity contribution in [3.8, 4) is 5.69 Å². The van der Waals surface area contributed by atoms with Crippen LogP contribution in [0.3, 0.4) is 0 Å². The zero-order valence-corrected chi connectivity index (χ0v) is 14.6. The Morgan fingerprint density at radius 1 is 1.12 bits per heavy atom. The van der Waals surface area contributed by atoms with E-state index in [1.54, 1.807) is 6.33 Å². The van der Waals surface area contributed by atoms with Crippen molar-refractivity contribution in [2.24, 2.45) is 0 Å².